The van der Waals surface area contributed by atoms with Gasteiger partial charge in [0.05, 0.1) is 5.39 Å². The minimum absolute atomic E-state index is 0.284. The second-order valence-corrected chi connectivity index (χ2v) is 10.6. The molecule has 0 saturated heterocycles. The number of pyridine rings is 2. The number of unbranched alkanes of at least 4 members (excludes halogenated alkanes) is 1. The molecule has 1 N–H and O–H groups in total. The summed E-state index contributed by atoms with van der Waals surface area (Å²) in [6.45, 7) is 8.99. The molecular weight excluding hydrogens is 464 g/mol. The number of H-pyrrole nitrogens is 1. The molecular formula is C30H34N4O3. The van der Waals surface area contributed by atoms with Gasteiger partial charge in [0.15, 0.2) is 0 Å². The van der Waals surface area contributed by atoms with Crippen LogP contribution >= 0.6 is 0 Å². The van der Waals surface area contributed by atoms with Crippen LogP contribution in [-0.2, 0) is 24.1 Å². The Labute approximate surface area is 217 Å². The number of ether oxygens (including phenoxy) is 2. The summed E-state index contributed by atoms with van der Waals surface area (Å²) in [7, 11) is 0. The molecule has 0 fully saturated rings. The van der Waals surface area contributed by atoms with E-state index in [1.165, 1.54) is 5.56 Å². The highest BCUT2D eigenvalue weighted by Gasteiger charge is 2.26. The maximum absolute atomic E-state index is 12.6. The summed E-state index contributed by atoms with van der Waals surface area (Å²) < 4.78 is 12.0. The summed E-state index contributed by atoms with van der Waals surface area (Å²) in [5.74, 6) is 1.45. The van der Waals surface area contributed by atoms with Crippen molar-refractivity contribution in [3.8, 4) is 22.6 Å². The Morgan fingerprint density at radius 1 is 1.08 bits per heavy atom. The molecule has 1 aliphatic rings. The van der Waals surface area contributed by atoms with Crippen molar-refractivity contribution in [3.63, 3.8) is 0 Å². The van der Waals surface area contributed by atoms with Gasteiger partial charge in [-0.2, -0.15) is 0 Å². The number of hydrogen-bond donors (Lipinski definition) is 1. The third-order valence-corrected chi connectivity index (χ3v) is 6.52. The quantitative estimate of drug-likeness (QED) is 0.308. The molecule has 0 aliphatic carbocycles. The summed E-state index contributed by atoms with van der Waals surface area (Å²) >= 11 is 0. The number of carbonyl (C=O) groups is 1. The van der Waals surface area contributed by atoms with Crippen LogP contribution in [-0.4, -0.2) is 38.1 Å². The molecule has 37 heavy (non-hydrogen) atoms. The Morgan fingerprint density at radius 3 is 2.73 bits per heavy atom. The Balaban J connectivity index is 1.42. The SMILES string of the molecule is CCCCc1cc(-c2c[nH]c3nccc(Oc4ccc5c(c4)CN(C(=O)OC(C)(C)C)CC5)c23)ccn1. The maximum Gasteiger partial charge on any atom is 0.410 e. The number of aromatic amines is 1. The summed E-state index contributed by atoms with van der Waals surface area (Å²) in [4.78, 5) is 26.7. The van der Waals surface area contributed by atoms with Crippen LogP contribution in [0.2, 0.25) is 0 Å². The minimum atomic E-state index is -0.519. The van der Waals surface area contributed by atoms with Crippen LogP contribution in [0.1, 0.15) is 57.4 Å². The first kappa shape index (κ1) is 24.8. The van der Waals surface area contributed by atoms with Crippen molar-refractivity contribution in [2.24, 2.45) is 0 Å². The lowest BCUT2D eigenvalue weighted by Gasteiger charge is -2.31. The Kier molecular flexibility index (Phi) is 6.87. The second-order valence-electron chi connectivity index (χ2n) is 10.6. The van der Waals surface area contributed by atoms with Crippen LogP contribution in [0.4, 0.5) is 4.79 Å². The van der Waals surface area contributed by atoms with Crippen LogP contribution in [0.25, 0.3) is 22.2 Å². The van der Waals surface area contributed by atoms with E-state index in [0.29, 0.717) is 13.1 Å². The first-order chi connectivity index (χ1) is 17.8. The van der Waals surface area contributed by atoms with Gasteiger partial charge >= 0.3 is 6.09 Å². The molecule has 4 heterocycles. The zero-order valence-corrected chi connectivity index (χ0v) is 22.0. The number of hydrogen-bond acceptors (Lipinski definition) is 5. The molecule has 7 heteroatoms. The van der Waals surface area contributed by atoms with Crippen molar-refractivity contribution < 1.29 is 14.3 Å². The highest BCUT2D eigenvalue weighted by molar-refractivity contribution is 5.98. The second kappa shape index (κ2) is 10.2. The average molecular weight is 499 g/mol. The van der Waals surface area contributed by atoms with Gasteiger partial charge in [-0.25, -0.2) is 9.78 Å². The van der Waals surface area contributed by atoms with Gasteiger partial charge in [-0.3, -0.25) is 4.98 Å². The van der Waals surface area contributed by atoms with Crippen molar-refractivity contribution in [1.82, 2.24) is 19.9 Å². The molecule has 1 aliphatic heterocycles. The molecule has 0 radical (unpaired) electrons. The van der Waals surface area contributed by atoms with E-state index in [1.807, 2.05) is 57.4 Å². The number of nitrogens with one attached hydrogen (secondary N) is 1. The number of carbonyl (C=O) groups excluding carboxylic acids is 1. The zero-order chi connectivity index (χ0) is 26.0. The van der Waals surface area contributed by atoms with Crippen molar-refractivity contribution >= 4 is 17.1 Å². The predicted octanol–water partition coefficient (Wildman–Crippen LogP) is 7.05. The summed E-state index contributed by atoms with van der Waals surface area (Å²) in [5, 5.41) is 0.934. The largest absolute Gasteiger partial charge is 0.457 e. The van der Waals surface area contributed by atoms with Gasteiger partial charge in [-0.1, -0.05) is 19.4 Å². The normalized spacial score (nSPS) is 13.5. The van der Waals surface area contributed by atoms with E-state index < -0.39 is 5.60 Å². The van der Waals surface area contributed by atoms with Crippen LogP contribution in [0.5, 0.6) is 11.5 Å². The van der Waals surface area contributed by atoms with E-state index in [0.717, 1.165) is 70.6 Å². The first-order valence-corrected chi connectivity index (χ1v) is 13.0. The van der Waals surface area contributed by atoms with Gasteiger partial charge in [-0.15, -0.1) is 0 Å². The highest BCUT2D eigenvalue weighted by Crippen LogP contribution is 2.37. The number of aryl methyl sites for hydroxylation is 1. The lowest BCUT2D eigenvalue weighted by atomic mass is 10.00. The molecule has 0 bridgehead atoms. The molecule has 4 aromatic rings. The number of nitrogens with zero attached hydrogens (tertiary/aromatic N) is 3. The van der Waals surface area contributed by atoms with Gasteiger partial charge in [0, 0.05) is 42.9 Å². The van der Waals surface area contributed by atoms with Gasteiger partial charge in [-0.05, 0) is 87.1 Å². The van der Waals surface area contributed by atoms with Crippen LogP contribution in [0.3, 0.4) is 0 Å². The number of benzene rings is 1. The molecule has 0 spiro atoms. The van der Waals surface area contributed by atoms with E-state index >= 15 is 0 Å². The average Bonchev–Trinajstić information content (AvgIpc) is 3.31. The van der Waals surface area contributed by atoms with Crippen molar-refractivity contribution in [2.75, 3.05) is 6.54 Å². The van der Waals surface area contributed by atoms with Crippen molar-refractivity contribution in [1.29, 1.82) is 0 Å². The Morgan fingerprint density at radius 2 is 1.92 bits per heavy atom. The number of amides is 1. The monoisotopic (exact) mass is 498 g/mol. The molecule has 1 amide bonds. The molecule has 1 aromatic carbocycles. The fraction of sp³-hybridized carbons (Fsp3) is 0.367. The van der Waals surface area contributed by atoms with E-state index in [1.54, 1.807) is 11.1 Å². The summed E-state index contributed by atoms with van der Waals surface area (Å²) in [6, 6.07) is 12.2. The van der Waals surface area contributed by atoms with Crippen LogP contribution in [0.15, 0.2) is 55.0 Å². The molecule has 0 saturated carbocycles. The highest BCUT2D eigenvalue weighted by atomic mass is 16.6. The van der Waals surface area contributed by atoms with E-state index in [4.69, 9.17) is 9.47 Å². The molecule has 5 rings (SSSR count). The minimum Gasteiger partial charge on any atom is -0.457 e. The number of aromatic nitrogens is 3. The lowest BCUT2D eigenvalue weighted by Crippen LogP contribution is -2.39. The molecule has 192 valence electrons. The number of rotatable bonds is 6. The van der Waals surface area contributed by atoms with E-state index in [9.17, 15) is 4.79 Å². The summed E-state index contributed by atoms with van der Waals surface area (Å²) in [6.07, 6.45) is 9.32. The topological polar surface area (TPSA) is 80.3 Å². The van der Waals surface area contributed by atoms with Gasteiger partial charge < -0.3 is 19.4 Å². The van der Waals surface area contributed by atoms with Gasteiger partial charge in [0.2, 0.25) is 0 Å². The fourth-order valence-electron chi connectivity index (χ4n) is 4.69. The molecule has 3 aromatic heterocycles. The van der Waals surface area contributed by atoms with Gasteiger partial charge in [0.1, 0.15) is 22.7 Å². The Hall–Kier alpha value is -3.87. The standard InChI is InChI=1S/C30H34N4O3/c1-5-6-7-23-16-21(10-13-31-23)25-18-33-28-27(25)26(11-14-32-28)36-24-9-8-20-12-15-34(19-22(20)17-24)29(35)37-30(2,3)4/h8-11,13-14,16-18H,5-7,12,15,19H2,1-4H3,(H,32,33). The third-order valence-electron chi connectivity index (χ3n) is 6.52. The Bertz CT molecular complexity index is 1420. The molecule has 0 atom stereocenters. The number of fused-ring (bicyclic) bond motifs is 2. The van der Waals surface area contributed by atoms with Crippen molar-refractivity contribution in [3.05, 3.63) is 71.8 Å². The first-order valence-electron chi connectivity index (χ1n) is 13.0. The molecule has 0 unspecified atom stereocenters. The summed E-state index contributed by atoms with van der Waals surface area (Å²) in [5.41, 5.74) is 5.76. The maximum atomic E-state index is 12.6. The van der Waals surface area contributed by atoms with E-state index in [2.05, 4.69) is 34.0 Å². The lowest BCUT2D eigenvalue weighted by molar-refractivity contribution is 0.0224. The van der Waals surface area contributed by atoms with Crippen LogP contribution < -0.4 is 4.74 Å². The predicted molar refractivity (Wildman–Crippen MR) is 145 cm³/mol. The third kappa shape index (κ3) is 5.61. The van der Waals surface area contributed by atoms with Crippen LogP contribution in [0, 0.1) is 0 Å². The molecule has 7 nitrogen and oxygen atoms in total. The van der Waals surface area contributed by atoms with E-state index in [-0.39, 0.29) is 6.09 Å². The fourth-order valence-corrected chi connectivity index (χ4v) is 4.69. The van der Waals surface area contributed by atoms with Gasteiger partial charge in [0.25, 0.3) is 0 Å². The zero-order valence-electron chi connectivity index (χ0n) is 22.0. The van der Waals surface area contributed by atoms with Crippen molar-refractivity contribution in [2.45, 2.75) is 65.5 Å². The smallest absolute Gasteiger partial charge is 0.410 e.